The predicted octanol–water partition coefficient (Wildman–Crippen LogP) is 4.50. The SMILES string of the molecule is CC1CCCCC1N(C)C(CN)c1cc(Cl)cc(Cl)c1. The zero-order chi connectivity index (χ0) is 14.7. The van der Waals surface area contributed by atoms with Crippen molar-refractivity contribution >= 4 is 23.2 Å². The van der Waals surface area contributed by atoms with E-state index in [-0.39, 0.29) is 6.04 Å². The van der Waals surface area contributed by atoms with E-state index in [2.05, 4.69) is 18.9 Å². The summed E-state index contributed by atoms with van der Waals surface area (Å²) in [6, 6.07) is 6.50. The minimum Gasteiger partial charge on any atom is -0.329 e. The van der Waals surface area contributed by atoms with Crippen LogP contribution in [0.1, 0.15) is 44.2 Å². The number of hydrogen-bond donors (Lipinski definition) is 1. The molecule has 2 nitrogen and oxygen atoms in total. The summed E-state index contributed by atoms with van der Waals surface area (Å²) in [5.74, 6) is 0.720. The van der Waals surface area contributed by atoms with Crippen molar-refractivity contribution in [2.45, 2.75) is 44.7 Å². The molecule has 20 heavy (non-hydrogen) atoms. The highest BCUT2D eigenvalue weighted by Crippen LogP contribution is 2.33. The first-order valence-electron chi connectivity index (χ1n) is 7.41. The van der Waals surface area contributed by atoms with Crippen LogP contribution >= 0.6 is 23.2 Å². The fourth-order valence-corrected chi connectivity index (χ4v) is 3.98. The number of halogens is 2. The third-order valence-electron chi connectivity index (χ3n) is 4.57. The second kappa shape index (κ2) is 7.13. The van der Waals surface area contributed by atoms with Gasteiger partial charge < -0.3 is 5.73 Å². The molecule has 1 aliphatic carbocycles. The molecule has 1 saturated carbocycles. The number of benzene rings is 1. The molecule has 1 fully saturated rings. The fourth-order valence-electron chi connectivity index (χ4n) is 3.44. The first-order chi connectivity index (χ1) is 9.52. The minimum absolute atomic E-state index is 0.178. The Bertz CT molecular complexity index is 430. The molecule has 0 radical (unpaired) electrons. The number of hydrogen-bond acceptors (Lipinski definition) is 2. The quantitative estimate of drug-likeness (QED) is 0.886. The molecule has 0 heterocycles. The van der Waals surface area contributed by atoms with Crippen molar-refractivity contribution in [1.29, 1.82) is 0 Å². The van der Waals surface area contributed by atoms with Gasteiger partial charge >= 0.3 is 0 Å². The van der Waals surface area contributed by atoms with Gasteiger partial charge in [-0.15, -0.1) is 0 Å². The van der Waals surface area contributed by atoms with Gasteiger partial charge in [0.25, 0.3) is 0 Å². The van der Waals surface area contributed by atoms with Crippen LogP contribution in [0.4, 0.5) is 0 Å². The van der Waals surface area contributed by atoms with Gasteiger partial charge in [-0.1, -0.05) is 43.0 Å². The van der Waals surface area contributed by atoms with Crippen LogP contribution in [0, 0.1) is 5.92 Å². The predicted molar refractivity (Wildman–Crippen MR) is 87.4 cm³/mol. The maximum Gasteiger partial charge on any atom is 0.0471 e. The van der Waals surface area contributed by atoms with Crippen LogP contribution in [0.25, 0.3) is 0 Å². The molecule has 1 aromatic rings. The molecule has 3 unspecified atom stereocenters. The molecule has 1 aliphatic rings. The molecule has 2 N–H and O–H groups in total. The van der Waals surface area contributed by atoms with E-state index in [9.17, 15) is 0 Å². The van der Waals surface area contributed by atoms with Gasteiger partial charge in [0.1, 0.15) is 0 Å². The van der Waals surface area contributed by atoms with Crippen molar-refractivity contribution < 1.29 is 0 Å². The van der Waals surface area contributed by atoms with Crippen LogP contribution in [0.3, 0.4) is 0 Å². The summed E-state index contributed by atoms with van der Waals surface area (Å²) in [5, 5.41) is 1.35. The summed E-state index contributed by atoms with van der Waals surface area (Å²) in [6.07, 6.45) is 5.22. The van der Waals surface area contributed by atoms with Gasteiger partial charge in [0.2, 0.25) is 0 Å². The fraction of sp³-hybridized carbons (Fsp3) is 0.625. The van der Waals surface area contributed by atoms with E-state index in [0.717, 1.165) is 11.5 Å². The Balaban J connectivity index is 2.21. The normalized spacial score (nSPS) is 24.9. The molecule has 0 saturated heterocycles. The average molecular weight is 315 g/mol. The summed E-state index contributed by atoms with van der Waals surface area (Å²) >= 11 is 12.3. The molecular formula is C16H24Cl2N2. The van der Waals surface area contributed by atoms with Gasteiger partial charge in [-0.05, 0) is 49.6 Å². The van der Waals surface area contributed by atoms with Crippen molar-refractivity contribution in [3.05, 3.63) is 33.8 Å². The average Bonchev–Trinajstić information content (AvgIpc) is 2.38. The standard InChI is InChI=1S/C16H24Cl2N2/c1-11-5-3-4-6-15(11)20(2)16(10-19)12-7-13(17)9-14(18)8-12/h7-9,11,15-16H,3-6,10,19H2,1-2H3. The molecule has 0 aliphatic heterocycles. The number of rotatable bonds is 4. The van der Waals surface area contributed by atoms with Gasteiger partial charge in [0.15, 0.2) is 0 Å². The van der Waals surface area contributed by atoms with Crippen molar-refractivity contribution in [2.75, 3.05) is 13.6 Å². The van der Waals surface area contributed by atoms with Crippen LogP contribution in [-0.2, 0) is 0 Å². The minimum atomic E-state index is 0.178. The zero-order valence-electron chi connectivity index (χ0n) is 12.3. The summed E-state index contributed by atoms with van der Waals surface area (Å²) < 4.78 is 0. The maximum absolute atomic E-state index is 6.13. The van der Waals surface area contributed by atoms with Gasteiger partial charge in [-0.25, -0.2) is 0 Å². The summed E-state index contributed by atoms with van der Waals surface area (Å²) in [6.45, 7) is 2.93. The van der Waals surface area contributed by atoms with E-state index in [4.69, 9.17) is 28.9 Å². The summed E-state index contributed by atoms with van der Waals surface area (Å²) in [7, 11) is 2.18. The molecule has 0 amide bonds. The van der Waals surface area contributed by atoms with Crippen molar-refractivity contribution in [3.63, 3.8) is 0 Å². The lowest BCUT2D eigenvalue weighted by Gasteiger charge is -2.40. The molecule has 0 bridgehead atoms. The highest BCUT2D eigenvalue weighted by Gasteiger charge is 2.29. The van der Waals surface area contributed by atoms with Crippen LogP contribution in [0.5, 0.6) is 0 Å². The summed E-state index contributed by atoms with van der Waals surface area (Å²) in [5.41, 5.74) is 7.15. The van der Waals surface area contributed by atoms with Crippen LogP contribution in [0.15, 0.2) is 18.2 Å². The molecule has 3 atom stereocenters. The van der Waals surface area contributed by atoms with Crippen LogP contribution < -0.4 is 5.73 Å². The number of nitrogens with two attached hydrogens (primary N) is 1. The Morgan fingerprint density at radius 1 is 1.20 bits per heavy atom. The molecular weight excluding hydrogens is 291 g/mol. The Morgan fingerprint density at radius 3 is 2.35 bits per heavy atom. The third kappa shape index (κ3) is 3.67. The molecule has 112 valence electrons. The Labute approximate surface area is 132 Å². The smallest absolute Gasteiger partial charge is 0.0471 e. The zero-order valence-corrected chi connectivity index (χ0v) is 13.8. The van der Waals surface area contributed by atoms with E-state index in [1.165, 1.54) is 25.7 Å². The highest BCUT2D eigenvalue weighted by atomic mass is 35.5. The van der Waals surface area contributed by atoms with Crippen molar-refractivity contribution in [1.82, 2.24) is 4.90 Å². The number of nitrogens with zero attached hydrogens (tertiary/aromatic N) is 1. The summed E-state index contributed by atoms with van der Waals surface area (Å²) in [4.78, 5) is 2.42. The first-order valence-corrected chi connectivity index (χ1v) is 8.16. The van der Waals surface area contributed by atoms with Gasteiger partial charge in [-0.3, -0.25) is 4.90 Å². The molecule has 2 rings (SSSR count). The second-order valence-electron chi connectivity index (χ2n) is 5.95. The molecule has 0 aromatic heterocycles. The Kier molecular flexibility index (Phi) is 5.74. The van der Waals surface area contributed by atoms with Gasteiger partial charge in [0.05, 0.1) is 0 Å². The van der Waals surface area contributed by atoms with Gasteiger partial charge in [0, 0.05) is 28.7 Å². The van der Waals surface area contributed by atoms with Crippen LogP contribution in [0.2, 0.25) is 10.0 Å². The van der Waals surface area contributed by atoms with E-state index >= 15 is 0 Å². The largest absolute Gasteiger partial charge is 0.329 e. The topological polar surface area (TPSA) is 29.3 Å². The Morgan fingerprint density at radius 2 is 1.80 bits per heavy atom. The van der Waals surface area contributed by atoms with E-state index < -0.39 is 0 Å². The lowest BCUT2D eigenvalue weighted by Crippen LogP contribution is -2.43. The van der Waals surface area contributed by atoms with Gasteiger partial charge in [-0.2, -0.15) is 0 Å². The monoisotopic (exact) mass is 314 g/mol. The molecule has 0 spiro atoms. The lowest BCUT2D eigenvalue weighted by atomic mass is 9.84. The highest BCUT2D eigenvalue weighted by molar-refractivity contribution is 6.34. The maximum atomic E-state index is 6.13. The van der Waals surface area contributed by atoms with E-state index in [1.54, 1.807) is 6.07 Å². The second-order valence-corrected chi connectivity index (χ2v) is 6.82. The van der Waals surface area contributed by atoms with Crippen molar-refractivity contribution in [3.8, 4) is 0 Å². The van der Waals surface area contributed by atoms with E-state index in [1.807, 2.05) is 12.1 Å². The third-order valence-corrected chi connectivity index (χ3v) is 5.01. The number of likely N-dealkylation sites (N-methyl/N-ethyl adjacent to an activating group) is 1. The lowest BCUT2D eigenvalue weighted by molar-refractivity contribution is 0.0992. The van der Waals surface area contributed by atoms with Crippen LogP contribution in [-0.4, -0.2) is 24.5 Å². The first kappa shape index (κ1) is 16.1. The Hall–Kier alpha value is -0.280. The van der Waals surface area contributed by atoms with E-state index in [0.29, 0.717) is 22.6 Å². The van der Waals surface area contributed by atoms with Crippen molar-refractivity contribution in [2.24, 2.45) is 11.7 Å². The molecule has 4 heteroatoms. The molecule has 1 aromatic carbocycles.